The first-order valence-electron chi connectivity index (χ1n) is 13.1. The summed E-state index contributed by atoms with van der Waals surface area (Å²) in [6.07, 6.45) is 2.92. The molecule has 1 atom stereocenters. The van der Waals surface area contributed by atoms with Gasteiger partial charge in [0.05, 0.1) is 43.1 Å². The first-order chi connectivity index (χ1) is 18.6. The third kappa shape index (κ3) is 4.59. The summed E-state index contributed by atoms with van der Waals surface area (Å²) in [7, 11) is 1.67. The summed E-state index contributed by atoms with van der Waals surface area (Å²) < 4.78 is 19.6. The van der Waals surface area contributed by atoms with Crippen LogP contribution in [-0.4, -0.2) is 54.3 Å². The minimum absolute atomic E-state index is 0.178. The molecule has 3 heterocycles. The predicted octanol–water partition coefficient (Wildman–Crippen LogP) is 5.62. The number of benzene rings is 3. The molecule has 194 valence electrons. The maximum Gasteiger partial charge on any atom is 0.161 e. The van der Waals surface area contributed by atoms with Crippen LogP contribution in [-0.2, 0) is 4.74 Å². The lowest BCUT2D eigenvalue weighted by Gasteiger charge is -2.23. The lowest BCUT2D eigenvalue weighted by molar-refractivity contribution is 0.0157. The number of rotatable bonds is 7. The predicted molar refractivity (Wildman–Crippen MR) is 151 cm³/mol. The van der Waals surface area contributed by atoms with E-state index in [4.69, 9.17) is 24.3 Å². The Morgan fingerprint density at radius 2 is 1.89 bits per heavy atom. The van der Waals surface area contributed by atoms with Gasteiger partial charge in [-0.15, -0.1) is 0 Å². The van der Waals surface area contributed by atoms with Crippen LogP contribution in [0.15, 0.2) is 66.9 Å². The number of morpholine rings is 1. The average molecular weight is 509 g/mol. The van der Waals surface area contributed by atoms with Crippen LogP contribution >= 0.6 is 0 Å². The lowest BCUT2D eigenvalue weighted by atomic mass is 10.1. The second-order valence-corrected chi connectivity index (χ2v) is 9.77. The van der Waals surface area contributed by atoms with E-state index in [2.05, 4.69) is 43.4 Å². The molecular weight excluding hydrogens is 476 g/mol. The highest BCUT2D eigenvalue weighted by Crippen LogP contribution is 2.37. The zero-order valence-corrected chi connectivity index (χ0v) is 22.0. The van der Waals surface area contributed by atoms with Crippen molar-refractivity contribution in [1.29, 1.82) is 0 Å². The Morgan fingerprint density at radius 1 is 1.00 bits per heavy atom. The molecule has 1 aliphatic heterocycles. The van der Waals surface area contributed by atoms with E-state index in [0.717, 1.165) is 64.9 Å². The van der Waals surface area contributed by atoms with Crippen molar-refractivity contribution in [3.8, 4) is 28.4 Å². The molecule has 0 spiro atoms. The van der Waals surface area contributed by atoms with Crippen molar-refractivity contribution in [2.45, 2.75) is 26.4 Å². The molecule has 1 N–H and O–H groups in total. The average Bonchev–Trinajstić information content (AvgIpc) is 3.35. The Bertz CT molecular complexity index is 1600. The Balaban J connectivity index is 1.40. The number of hydrogen-bond acceptors (Lipinski definition) is 6. The lowest BCUT2D eigenvalue weighted by Crippen LogP contribution is -2.39. The fraction of sp³-hybridized carbons (Fsp3) is 0.290. The van der Waals surface area contributed by atoms with E-state index < -0.39 is 0 Å². The van der Waals surface area contributed by atoms with Crippen molar-refractivity contribution in [3.63, 3.8) is 0 Å². The van der Waals surface area contributed by atoms with Crippen LogP contribution in [0.25, 0.3) is 38.8 Å². The fourth-order valence-corrected chi connectivity index (χ4v) is 5.03. The van der Waals surface area contributed by atoms with Gasteiger partial charge in [-0.1, -0.05) is 24.3 Å². The Hall–Kier alpha value is -3.94. The fourth-order valence-electron chi connectivity index (χ4n) is 5.03. The number of methoxy groups -OCH3 is 1. The van der Waals surface area contributed by atoms with Crippen LogP contribution in [0.4, 0.5) is 0 Å². The summed E-state index contributed by atoms with van der Waals surface area (Å²) in [5, 5.41) is 10.5. The number of aromatic nitrogens is 3. The number of nitrogens with zero attached hydrogens (tertiary/aromatic N) is 3. The van der Waals surface area contributed by atoms with Gasteiger partial charge < -0.3 is 19.5 Å². The normalized spacial score (nSPS) is 15.7. The summed E-state index contributed by atoms with van der Waals surface area (Å²) in [4.78, 5) is 4.75. The third-order valence-electron chi connectivity index (χ3n) is 7.29. The summed E-state index contributed by atoms with van der Waals surface area (Å²) in [6, 6.07) is 20.7. The van der Waals surface area contributed by atoms with Crippen LogP contribution in [0.3, 0.4) is 0 Å². The topological polar surface area (TPSA) is 70.4 Å². The first kappa shape index (κ1) is 24.4. The maximum atomic E-state index is 6.09. The molecule has 0 amide bonds. The minimum atomic E-state index is 0.178. The SMILES string of the molecule is COc1cc(-c2nn(-c3ccc(C)c(C)c3)c3c2cnc2ccccc23)ccc1OCCC1CNCCO1. The van der Waals surface area contributed by atoms with E-state index >= 15 is 0 Å². The minimum Gasteiger partial charge on any atom is -0.493 e. The number of nitrogens with one attached hydrogen (secondary N) is 1. The molecule has 5 aromatic rings. The largest absolute Gasteiger partial charge is 0.493 e. The number of ether oxygens (including phenoxy) is 3. The van der Waals surface area contributed by atoms with E-state index in [9.17, 15) is 0 Å². The third-order valence-corrected chi connectivity index (χ3v) is 7.29. The van der Waals surface area contributed by atoms with Crippen molar-refractivity contribution in [1.82, 2.24) is 20.1 Å². The number of hydrogen-bond donors (Lipinski definition) is 1. The zero-order chi connectivity index (χ0) is 26.1. The van der Waals surface area contributed by atoms with Crippen molar-refractivity contribution in [3.05, 3.63) is 78.0 Å². The summed E-state index contributed by atoms with van der Waals surface area (Å²) >= 11 is 0. The standard InChI is InChI=1S/C31H32N4O3/c1-20-8-10-23(16-21(20)2)35-31-25-6-4-5-7-27(25)33-19-26(31)30(34-35)22-9-11-28(29(17-22)36-3)38-14-12-24-18-32-13-15-37-24/h4-11,16-17,19,24,32H,12-15,18H2,1-3H3. The van der Waals surface area contributed by atoms with Gasteiger partial charge in [-0.05, 0) is 61.4 Å². The van der Waals surface area contributed by atoms with Gasteiger partial charge in [0.25, 0.3) is 0 Å². The number of fused-ring (bicyclic) bond motifs is 3. The first-order valence-corrected chi connectivity index (χ1v) is 13.1. The van der Waals surface area contributed by atoms with Gasteiger partial charge in [-0.3, -0.25) is 4.98 Å². The number of aryl methyl sites for hydroxylation is 2. The second-order valence-electron chi connectivity index (χ2n) is 9.77. The van der Waals surface area contributed by atoms with Crippen LogP contribution in [0.5, 0.6) is 11.5 Å². The summed E-state index contributed by atoms with van der Waals surface area (Å²) in [6.45, 7) is 7.33. The highest BCUT2D eigenvalue weighted by molar-refractivity contribution is 6.08. The van der Waals surface area contributed by atoms with E-state index in [1.54, 1.807) is 7.11 Å². The Morgan fingerprint density at radius 3 is 2.71 bits per heavy atom. The Kier molecular flexibility index (Phi) is 6.70. The van der Waals surface area contributed by atoms with Crippen LogP contribution in [0, 0.1) is 13.8 Å². The van der Waals surface area contributed by atoms with Gasteiger partial charge in [-0.25, -0.2) is 4.68 Å². The maximum absolute atomic E-state index is 6.09. The Labute approximate surface area is 222 Å². The van der Waals surface area contributed by atoms with Crippen molar-refractivity contribution >= 4 is 21.8 Å². The van der Waals surface area contributed by atoms with Crippen LogP contribution in [0.1, 0.15) is 17.5 Å². The van der Waals surface area contributed by atoms with Crippen molar-refractivity contribution in [2.24, 2.45) is 0 Å². The van der Waals surface area contributed by atoms with Crippen LogP contribution < -0.4 is 14.8 Å². The van der Waals surface area contributed by atoms with Gasteiger partial charge in [0, 0.05) is 42.0 Å². The van der Waals surface area contributed by atoms with Crippen molar-refractivity contribution in [2.75, 3.05) is 33.4 Å². The molecule has 0 bridgehead atoms. The van der Waals surface area contributed by atoms with E-state index in [0.29, 0.717) is 18.1 Å². The summed E-state index contributed by atoms with van der Waals surface area (Å²) in [5.41, 5.74) is 7.27. The summed E-state index contributed by atoms with van der Waals surface area (Å²) in [5.74, 6) is 1.38. The zero-order valence-electron chi connectivity index (χ0n) is 22.0. The molecule has 7 nitrogen and oxygen atoms in total. The molecule has 0 aliphatic carbocycles. The van der Waals surface area contributed by atoms with Gasteiger partial charge >= 0.3 is 0 Å². The van der Waals surface area contributed by atoms with Gasteiger partial charge in [0.15, 0.2) is 11.5 Å². The van der Waals surface area contributed by atoms with Crippen LogP contribution in [0.2, 0.25) is 0 Å². The molecular formula is C31H32N4O3. The van der Waals surface area contributed by atoms with Gasteiger partial charge in [0.2, 0.25) is 0 Å². The van der Waals surface area contributed by atoms with Crippen molar-refractivity contribution < 1.29 is 14.2 Å². The molecule has 0 saturated carbocycles. The molecule has 1 unspecified atom stereocenters. The van der Waals surface area contributed by atoms with Gasteiger partial charge in [0.1, 0.15) is 5.69 Å². The molecule has 7 heteroatoms. The van der Waals surface area contributed by atoms with E-state index in [1.165, 1.54) is 11.1 Å². The highest BCUT2D eigenvalue weighted by atomic mass is 16.5. The molecule has 1 aliphatic rings. The van der Waals surface area contributed by atoms with Gasteiger partial charge in [-0.2, -0.15) is 5.10 Å². The highest BCUT2D eigenvalue weighted by Gasteiger charge is 2.19. The smallest absolute Gasteiger partial charge is 0.161 e. The number of pyridine rings is 1. The molecule has 2 aromatic heterocycles. The second kappa shape index (κ2) is 10.4. The molecule has 3 aromatic carbocycles. The molecule has 0 radical (unpaired) electrons. The van der Waals surface area contributed by atoms with E-state index in [-0.39, 0.29) is 6.10 Å². The molecule has 1 fully saturated rings. The quantitative estimate of drug-likeness (QED) is 0.308. The monoisotopic (exact) mass is 508 g/mol. The molecule has 6 rings (SSSR count). The van der Waals surface area contributed by atoms with E-state index in [1.807, 2.05) is 47.3 Å². The molecule has 1 saturated heterocycles. The molecule has 38 heavy (non-hydrogen) atoms. The number of para-hydroxylation sites is 1.